The smallest absolute Gasteiger partial charge is 0.260 e. The molecule has 1 atom stereocenters. The average Bonchev–Trinajstić information content (AvgIpc) is 3.18. The maximum absolute atomic E-state index is 11.8. The summed E-state index contributed by atoms with van der Waals surface area (Å²) in [7, 11) is 0. The van der Waals surface area contributed by atoms with E-state index in [0.717, 1.165) is 28.8 Å². The number of aromatic nitrogens is 1. The lowest BCUT2D eigenvalue weighted by molar-refractivity contribution is 0.100. The van der Waals surface area contributed by atoms with Crippen molar-refractivity contribution in [1.29, 1.82) is 0 Å². The van der Waals surface area contributed by atoms with E-state index in [9.17, 15) is 4.79 Å². The first-order chi connectivity index (χ1) is 14.0. The fraction of sp³-hybridized carbons (Fsp3) is 0.136. The summed E-state index contributed by atoms with van der Waals surface area (Å²) in [4.78, 5) is 21.4. The molecule has 1 aromatic carbocycles. The predicted octanol–water partition coefficient (Wildman–Crippen LogP) is 5.30. The van der Waals surface area contributed by atoms with Gasteiger partial charge in [0.25, 0.3) is 5.91 Å². The van der Waals surface area contributed by atoms with Gasteiger partial charge < -0.3 is 11.1 Å². The first kappa shape index (κ1) is 19.4. The Labute approximate surface area is 178 Å². The molecule has 3 N–H and O–H groups in total. The number of thiophene rings is 1. The predicted molar refractivity (Wildman–Crippen MR) is 120 cm³/mol. The van der Waals surface area contributed by atoms with Crippen LogP contribution in [-0.2, 0) is 0 Å². The van der Waals surface area contributed by atoms with Gasteiger partial charge in [-0.25, -0.2) is 4.99 Å². The van der Waals surface area contributed by atoms with Crippen molar-refractivity contribution >= 4 is 46.1 Å². The molecule has 146 valence electrons. The first-order valence-corrected chi connectivity index (χ1v) is 10.4. The van der Waals surface area contributed by atoms with Crippen molar-refractivity contribution < 1.29 is 4.79 Å². The molecule has 3 aromatic rings. The van der Waals surface area contributed by atoms with Gasteiger partial charge in [-0.2, -0.15) is 0 Å². The van der Waals surface area contributed by atoms with E-state index < -0.39 is 5.91 Å². The number of hydrogen-bond acceptors (Lipinski definition) is 5. The van der Waals surface area contributed by atoms with Crippen molar-refractivity contribution in [3.05, 3.63) is 86.8 Å². The zero-order chi connectivity index (χ0) is 20.4. The molecule has 4 rings (SSSR count). The van der Waals surface area contributed by atoms with Crippen molar-refractivity contribution in [2.24, 2.45) is 10.7 Å². The lowest BCUT2D eigenvalue weighted by Gasteiger charge is -2.21. The molecule has 0 radical (unpaired) electrons. The number of allylic oxidation sites excluding steroid dienone is 1. The number of benzene rings is 1. The molecule has 2 aromatic heterocycles. The number of anilines is 1. The van der Waals surface area contributed by atoms with E-state index in [4.69, 9.17) is 22.3 Å². The minimum atomic E-state index is -0.475. The second-order valence-electron chi connectivity index (χ2n) is 6.81. The first-order valence-electron chi connectivity index (χ1n) is 9.16. The van der Waals surface area contributed by atoms with Crippen molar-refractivity contribution in [3.8, 4) is 0 Å². The van der Waals surface area contributed by atoms with Crippen LogP contribution in [0.25, 0.3) is 5.70 Å². The molecule has 0 spiro atoms. The highest BCUT2D eigenvalue weighted by Crippen LogP contribution is 2.32. The number of rotatable bonds is 3. The molecule has 29 heavy (non-hydrogen) atoms. The van der Waals surface area contributed by atoms with E-state index in [1.807, 2.05) is 41.8 Å². The molecule has 0 aliphatic carbocycles. The second kappa shape index (κ2) is 8.19. The van der Waals surface area contributed by atoms with Gasteiger partial charge in [0.1, 0.15) is 10.7 Å². The quantitative estimate of drug-likeness (QED) is 0.600. The number of pyridine rings is 1. The Hall–Kier alpha value is -2.96. The van der Waals surface area contributed by atoms with Gasteiger partial charge in [-0.05, 0) is 53.6 Å². The second-order valence-corrected chi connectivity index (χ2v) is 8.16. The lowest BCUT2D eigenvalue weighted by Crippen LogP contribution is -2.20. The summed E-state index contributed by atoms with van der Waals surface area (Å²) in [6.45, 7) is 2.17. The van der Waals surface area contributed by atoms with Crippen molar-refractivity contribution in [2.45, 2.75) is 19.3 Å². The van der Waals surface area contributed by atoms with Crippen LogP contribution in [-0.4, -0.2) is 16.7 Å². The van der Waals surface area contributed by atoms with Gasteiger partial charge in [-0.1, -0.05) is 30.7 Å². The minimum Gasteiger partial charge on any atom is -0.365 e. The van der Waals surface area contributed by atoms with Gasteiger partial charge in [-0.3, -0.25) is 9.78 Å². The van der Waals surface area contributed by atoms with Gasteiger partial charge in [0.2, 0.25) is 0 Å². The molecule has 1 aliphatic rings. The van der Waals surface area contributed by atoms with Gasteiger partial charge >= 0.3 is 0 Å². The third kappa shape index (κ3) is 4.09. The fourth-order valence-electron chi connectivity index (χ4n) is 3.32. The molecule has 3 heterocycles. The number of fused-ring (bicyclic) bond motifs is 1. The third-order valence-electron chi connectivity index (χ3n) is 4.80. The molecule has 0 saturated carbocycles. The topological polar surface area (TPSA) is 80.4 Å². The number of amidine groups is 1. The molecule has 1 amide bonds. The highest BCUT2D eigenvalue weighted by Gasteiger charge is 2.21. The summed E-state index contributed by atoms with van der Waals surface area (Å²) in [5.41, 5.74) is 9.94. The summed E-state index contributed by atoms with van der Waals surface area (Å²) in [6, 6.07) is 11.5. The normalized spacial score (nSPS) is 16.1. The van der Waals surface area contributed by atoms with Crippen LogP contribution in [0.15, 0.2) is 65.2 Å². The number of nitrogens with one attached hydrogen (secondary N) is 1. The van der Waals surface area contributed by atoms with E-state index in [1.54, 1.807) is 12.4 Å². The van der Waals surface area contributed by atoms with Crippen LogP contribution >= 0.6 is 22.9 Å². The zero-order valence-electron chi connectivity index (χ0n) is 15.7. The van der Waals surface area contributed by atoms with Gasteiger partial charge in [0.15, 0.2) is 0 Å². The standard InChI is InChI=1S/C22H19ClN4OS/c1-13-4-7-18(14-3-2-9-25-12-14)26-22(17-11-15(23)5-6-16(13)17)27-19-8-10-29-20(19)21(24)28/h2-3,5-13H,4H2,1H3,(H2,24,28)(H,26,27). The van der Waals surface area contributed by atoms with Crippen molar-refractivity contribution in [3.63, 3.8) is 0 Å². The fourth-order valence-corrected chi connectivity index (χ4v) is 4.20. The van der Waals surface area contributed by atoms with Crippen molar-refractivity contribution in [1.82, 2.24) is 4.98 Å². The highest BCUT2D eigenvalue weighted by atomic mass is 35.5. The van der Waals surface area contributed by atoms with Crippen LogP contribution in [0.2, 0.25) is 5.02 Å². The number of hydrogen-bond donors (Lipinski definition) is 2. The maximum Gasteiger partial charge on any atom is 0.260 e. The number of nitrogens with zero attached hydrogens (tertiary/aromatic N) is 2. The SMILES string of the molecule is CC1CC=C(c2cccnc2)N=C(Nc2ccsc2C(N)=O)c2cc(Cl)ccc21. The molecular weight excluding hydrogens is 404 g/mol. The molecule has 1 unspecified atom stereocenters. The van der Waals surface area contributed by atoms with Gasteiger partial charge in [0.05, 0.1) is 11.4 Å². The summed E-state index contributed by atoms with van der Waals surface area (Å²) in [5.74, 6) is 0.404. The molecular formula is C22H19ClN4OS. The van der Waals surface area contributed by atoms with Gasteiger partial charge in [0, 0.05) is 28.5 Å². The van der Waals surface area contributed by atoms with Crippen molar-refractivity contribution in [2.75, 3.05) is 5.32 Å². The Kier molecular flexibility index (Phi) is 5.47. The van der Waals surface area contributed by atoms with E-state index in [2.05, 4.69) is 23.3 Å². The Morgan fingerprint density at radius 2 is 2.17 bits per heavy atom. The summed E-state index contributed by atoms with van der Waals surface area (Å²) < 4.78 is 0. The number of carbonyl (C=O) groups excluding carboxylic acids is 1. The van der Waals surface area contributed by atoms with Crippen LogP contribution in [0, 0.1) is 0 Å². The third-order valence-corrected chi connectivity index (χ3v) is 5.96. The summed E-state index contributed by atoms with van der Waals surface area (Å²) >= 11 is 7.62. The van der Waals surface area contributed by atoms with Gasteiger partial charge in [-0.15, -0.1) is 11.3 Å². The molecule has 0 fully saturated rings. The molecule has 0 bridgehead atoms. The number of aliphatic imine (C=N–C) groups is 1. The van der Waals surface area contributed by atoms with E-state index in [-0.39, 0.29) is 5.92 Å². The molecule has 5 nitrogen and oxygen atoms in total. The summed E-state index contributed by atoms with van der Waals surface area (Å²) in [5, 5.41) is 5.77. The maximum atomic E-state index is 11.8. The Bertz CT molecular complexity index is 1120. The number of primary amides is 1. The minimum absolute atomic E-state index is 0.263. The van der Waals surface area contributed by atoms with Crippen LogP contribution in [0.5, 0.6) is 0 Å². The number of halogens is 1. The Morgan fingerprint density at radius 3 is 2.93 bits per heavy atom. The van der Waals surface area contributed by atoms with Crippen LogP contribution < -0.4 is 11.1 Å². The number of carbonyl (C=O) groups is 1. The van der Waals surface area contributed by atoms with E-state index >= 15 is 0 Å². The molecule has 7 heteroatoms. The number of nitrogens with two attached hydrogens (primary N) is 1. The van der Waals surface area contributed by atoms with E-state index in [1.165, 1.54) is 11.3 Å². The lowest BCUT2D eigenvalue weighted by atomic mass is 9.90. The van der Waals surface area contributed by atoms with Crippen LogP contribution in [0.3, 0.4) is 0 Å². The molecule has 0 saturated heterocycles. The summed E-state index contributed by atoms with van der Waals surface area (Å²) in [6.07, 6.45) is 6.47. The van der Waals surface area contributed by atoms with Crippen LogP contribution in [0.4, 0.5) is 5.69 Å². The zero-order valence-corrected chi connectivity index (χ0v) is 17.3. The average molecular weight is 423 g/mol. The highest BCUT2D eigenvalue weighted by molar-refractivity contribution is 7.12. The van der Waals surface area contributed by atoms with Crippen LogP contribution in [0.1, 0.15) is 45.6 Å². The largest absolute Gasteiger partial charge is 0.365 e. The Balaban J connectivity index is 1.88. The monoisotopic (exact) mass is 422 g/mol. The Morgan fingerprint density at radius 1 is 1.31 bits per heavy atom. The molecule has 1 aliphatic heterocycles. The number of amides is 1. The van der Waals surface area contributed by atoms with E-state index in [0.29, 0.717) is 21.4 Å².